The van der Waals surface area contributed by atoms with Crippen LogP contribution in [0.3, 0.4) is 0 Å². The van der Waals surface area contributed by atoms with Crippen molar-refractivity contribution in [3.8, 4) is 0 Å². The normalized spacial score (nSPS) is 35.6. The van der Waals surface area contributed by atoms with Crippen molar-refractivity contribution in [3.05, 3.63) is 0 Å². The summed E-state index contributed by atoms with van der Waals surface area (Å²) in [5.74, 6) is 1.71. The third kappa shape index (κ3) is 1.97. The second-order valence-electron chi connectivity index (χ2n) is 5.89. The van der Waals surface area contributed by atoms with Gasteiger partial charge in [-0.05, 0) is 44.4 Å². The van der Waals surface area contributed by atoms with Crippen LogP contribution in [0.5, 0.6) is 0 Å². The number of rotatable bonds is 2. The number of hydrogen-bond acceptors (Lipinski definition) is 2. The van der Waals surface area contributed by atoms with Gasteiger partial charge in [0.25, 0.3) is 0 Å². The van der Waals surface area contributed by atoms with Gasteiger partial charge in [-0.15, -0.1) is 0 Å². The van der Waals surface area contributed by atoms with Crippen LogP contribution in [0.2, 0.25) is 0 Å². The van der Waals surface area contributed by atoms with E-state index >= 15 is 0 Å². The highest BCUT2D eigenvalue weighted by Crippen LogP contribution is 2.41. The first kappa shape index (κ1) is 11.9. The van der Waals surface area contributed by atoms with Crippen LogP contribution in [-0.4, -0.2) is 28.9 Å². The monoisotopic (exact) mass is 224 g/mol. The molecule has 92 valence electrons. The van der Waals surface area contributed by atoms with Crippen molar-refractivity contribution < 1.29 is 4.79 Å². The number of carbonyl (C=O) groups is 1. The maximum absolute atomic E-state index is 12.0. The van der Waals surface area contributed by atoms with Gasteiger partial charge in [-0.2, -0.15) is 0 Å². The molecule has 2 heterocycles. The summed E-state index contributed by atoms with van der Waals surface area (Å²) in [6.45, 7) is 6.40. The zero-order chi connectivity index (χ0) is 11.9. The van der Waals surface area contributed by atoms with E-state index in [4.69, 9.17) is 5.73 Å². The Morgan fingerprint density at radius 1 is 1.19 bits per heavy atom. The lowest BCUT2D eigenvalue weighted by atomic mass is 9.82. The number of nitrogens with two attached hydrogens (primary N) is 1. The highest BCUT2D eigenvalue weighted by atomic mass is 16.2. The summed E-state index contributed by atoms with van der Waals surface area (Å²) in [6, 6.07) is 0.619. The standard InChI is InChI=1S/C13H24N2O/c1-8(2)10-6-11-4-5-12(7-10)15(11)13(16)9(3)14/h8-12H,4-7,14H2,1-3H3/t9-,10?,11?,12?/m0/s1. The number of amides is 1. The summed E-state index contributed by atoms with van der Waals surface area (Å²) >= 11 is 0. The lowest BCUT2D eigenvalue weighted by molar-refractivity contribution is -0.137. The predicted molar refractivity (Wildman–Crippen MR) is 64.9 cm³/mol. The summed E-state index contributed by atoms with van der Waals surface area (Å²) in [4.78, 5) is 14.1. The van der Waals surface area contributed by atoms with Gasteiger partial charge in [0, 0.05) is 12.1 Å². The summed E-state index contributed by atoms with van der Waals surface area (Å²) in [7, 11) is 0. The Kier molecular flexibility index (Phi) is 3.24. The van der Waals surface area contributed by atoms with E-state index in [2.05, 4.69) is 18.7 Å². The molecule has 2 unspecified atom stereocenters. The summed E-state index contributed by atoms with van der Waals surface area (Å²) in [6.07, 6.45) is 4.75. The molecule has 0 aromatic heterocycles. The van der Waals surface area contributed by atoms with Gasteiger partial charge in [-0.25, -0.2) is 0 Å². The van der Waals surface area contributed by atoms with Gasteiger partial charge in [0.1, 0.15) is 0 Å². The molecule has 2 aliphatic heterocycles. The second-order valence-corrected chi connectivity index (χ2v) is 5.89. The Morgan fingerprint density at radius 3 is 2.06 bits per heavy atom. The van der Waals surface area contributed by atoms with Gasteiger partial charge in [0.05, 0.1) is 6.04 Å². The fourth-order valence-corrected chi connectivity index (χ4v) is 3.36. The average molecular weight is 224 g/mol. The second kappa shape index (κ2) is 4.36. The number of fused-ring (bicyclic) bond motifs is 2. The molecular formula is C13H24N2O. The van der Waals surface area contributed by atoms with E-state index in [1.165, 1.54) is 25.7 Å². The smallest absolute Gasteiger partial charge is 0.239 e. The molecule has 3 atom stereocenters. The first-order chi connectivity index (χ1) is 7.50. The highest BCUT2D eigenvalue weighted by Gasteiger charge is 2.44. The highest BCUT2D eigenvalue weighted by molar-refractivity contribution is 5.82. The van der Waals surface area contributed by atoms with E-state index in [0.717, 1.165) is 11.8 Å². The average Bonchev–Trinajstić information content (AvgIpc) is 2.46. The predicted octanol–water partition coefficient (Wildman–Crippen LogP) is 1.76. The third-order valence-electron chi connectivity index (χ3n) is 4.36. The number of hydrogen-bond donors (Lipinski definition) is 1. The van der Waals surface area contributed by atoms with Gasteiger partial charge in [-0.3, -0.25) is 4.79 Å². The zero-order valence-electron chi connectivity index (χ0n) is 10.6. The van der Waals surface area contributed by atoms with Crippen molar-refractivity contribution in [2.75, 3.05) is 0 Å². The molecule has 1 amide bonds. The van der Waals surface area contributed by atoms with E-state index in [-0.39, 0.29) is 11.9 Å². The maximum atomic E-state index is 12.0. The molecule has 0 saturated carbocycles. The van der Waals surface area contributed by atoms with E-state index in [0.29, 0.717) is 12.1 Å². The maximum Gasteiger partial charge on any atom is 0.239 e. The van der Waals surface area contributed by atoms with Crippen molar-refractivity contribution in [1.82, 2.24) is 4.90 Å². The number of piperidine rings is 1. The van der Waals surface area contributed by atoms with Gasteiger partial charge in [0.2, 0.25) is 5.91 Å². The van der Waals surface area contributed by atoms with Crippen molar-refractivity contribution in [3.63, 3.8) is 0 Å². The molecule has 16 heavy (non-hydrogen) atoms. The van der Waals surface area contributed by atoms with Gasteiger partial charge < -0.3 is 10.6 Å². The molecule has 2 aliphatic rings. The molecule has 0 aromatic carbocycles. The quantitative estimate of drug-likeness (QED) is 0.777. The first-order valence-electron chi connectivity index (χ1n) is 6.58. The van der Waals surface area contributed by atoms with Crippen LogP contribution in [0.15, 0.2) is 0 Å². The van der Waals surface area contributed by atoms with Crippen LogP contribution in [0.25, 0.3) is 0 Å². The SMILES string of the molecule is CC(C)C1CC2CCC(C1)N2C(=O)[C@H](C)N. The van der Waals surface area contributed by atoms with E-state index in [1.54, 1.807) is 6.92 Å². The molecule has 0 aromatic rings. The van der Waals surface area contributed by atoms with Crippen LogP contribution in [0, 0.1) is 11.8 Å². The Labute approximate surface area is 98.4 Å². The van der Waals surface area contributed by atoms with Crippen molar-refractivity contribution in [2.24, 2.45) is 17.6 Å². The molecule has 3 nitrogen and oxygen atoms in total. The van der Waals surface area contributed by atoms with Gasteiger partial charge in [0.15, 0.2) is 0 Å². The zero-order valence-corrected chi connectivity index (χ0v) is 10.6. The minimum Gasteiger partial charge on any atom is -0.335 e. The molecule has 0 radical (unpaired) electrons. The molecule has 0 spiro atoms. The molecule has 2 bridgehead atoms. The van der Waals surface area contributed by atoms with Crippen LogP contribution in [0.4, 0.5) is 0 Å². The molecule has 0 aliphatic carbocycles. The molecule has 2 fully saturated rings. The molecular weight excluding hydrogens is 200 g/mol. The topological polar surface area (TPSA) is 46.3 Å². The van der Waals surface area contributed by atoms with Crippen LogP contribution in [0.1, 0.15) is 46.5 Å². The number of nitrogens with zero attached hydrogens (tertiary/aromatic N) is 1. The lowest BCUT2D eigenvalue weighted by Gasteiger charge is -2.41. The van der Waals surface area contributed by atoms with Crippen molar-refractivity contribution in [2.45, 2.75) is 64.6 Å². The number of carbonyl (C=O) groups excluding carboxylic acids is 1. The summed E-state index contributed by atoms with van der Waals surface area (Å²) in [5.41, 5.74) is 5.72. The summed E-state index contributed by atoms with van der Waals surface area (Å²) in [5, 5.41) is 0. The van der Waals surface area contributed by atoms with Crippen LogP contribution >= 0.6 is 0 Å². The van der Waals surface area contributed by atoms with Crippen molar-refractivity contribution >= 4 is 5.91 Å². The Morgan fingerprint density at radius 2 is 1.69 bits per heavy atom. The Hall–Kier alpha value is -0.570. The molecule has 2 N–H and O–H groups in total. The Balaban J connectivity index is 2.08. The van der Waals surface area contributed by atoms with E-state index in [1.807, 2.05) is 0 Å². The van der Waals surface area contributed by atoms with Crippen molar-refractivity contribution in [1.29, 1.82) is 0 Å². The van der Waals surface area contributed by atoms with Crippen LogP contribution < -0.4 is 5.73 Å². The fourth-order valence-electron chi connectivity index (χ4n) is 3.36. The van der Waals surface area contributed by atoms with Gasteiger partial charge >= 0.3 is 0 Å². The minimum absolute atomic E-state index is 0.162. The lowest BCUT2D eigenvalue weighted by Crippen LogP contribution is -2.52. The van der Waals surface area contributed by atoms with E-state index < -0.39 is 0 Å². The molecule has 2 saturated heterocycles. The van der Waals surface area contributed by atoms with Crippen LogP contribution in [-0.2, 0) is 4.79 Å². The Bertz CT molecular complexity index is 261. The minimum atomic E-state index is -0.335. The first-order valence-corrected chi connectivity index (χ1v) is 6.58. The molecule has 3 heteroatoms. The fraction of sp³-hybridized carbons (Fsp3) is 0.923. The summed E-state index contributed by atoms with van der Waals surface area (Å²) < 4.78 is 0. The van der Waals surface area contributed by atoms with Gasteiger partial charge in [-0.1, -0.05) is 13.8 Å². The third-order valence-corrected chi connectivity index (χ3v) is 4.36. The van der Waals surface area contributed by atoms with E-state index in [9.17, 15) is 4.79 Å². The largest absolute Gasteiger partial charge is 0.335 e. The molecule has 2 rings (SSSR count).